The second-order valence-electron chi connectivity index (χ2n) is 1.93. The van der Waals surface area contributed by atoms with Gasteiger partial charge in [0, 0.05) is 0 Å². The SMILES string of the molecule is COC(C=O)=CC=C(OC)C(=O)O. The molecule has 13 heavy (non-hydrogen) atoms. The quantitative estimate of drug-likeness (QED) is 0.290. The summed E-state index contributed by atoms with van der Waals surface area (Å²) in [6.45, 7) is 0. The van der Waals surface area contributed by atoms with Crippen LogP contribution in [0.2, 0.25) is 0 Å². The van der Waals surface area contributed by atoms with E-state index in [-0.39, 0.29) is 11.5 Å². The Morgan fingerprint density at radius 2 is 1.85 bits per heavy atom. The minimum Gasteiger partial charge on any atom is -0.493 e. The Kier molecular flexibility index (Phi) is 5.02. The lowest BCUT2D eigenvalue weighted by Crippen LogP contribution is -2.01. The second kappa shape index (κ2) is 5.82. The van der Waals surface area contributed by atoms with Gasteiger partial charge in [-0.25, -0.2) is 4.79 Å². The van der Waals surface area contributed by atoms with Gasteiger partial charge in [0.1, 0.15) is 0 Å². The number of carboxylic acids is 1. The summed E-state index contributed by atoms with van der Waals surface area (Å²) in [5.74, 6) is -1.45. The molecule has 0 saturated heterocycles. The molecule has 5 heteroatoms. The first-order chi connectivity index (χ1) is 6.15. The molecule has 1 N–H and O–H groups in total. The molecule has 0 aromatic carbocycles. The van der Waals surface area contributed by atoms with Crippen molar-refractivity contribution in [3.8, 4) is 0 Å². The smallest absolute Gasteiger partial charge is 0.371 e. The van der Waals surface area contributed by atoms with Crippen LogP contribution >= 0.6 is 0 Å². The van der Waals surface area contributed by atoms with Crippen LogP contribution in [0, 0.1) is 0 Å². The molecule has 0 spiro atoms. The third-order valence-corrected chi connectivity index (χ3v) is 1.18. The summed E-state index contributed by atoms with van der Waals surface area (Å²) >= 11 is 0. The molecule has 0 aliphatic heterocycles. The first-order valence-corrected chi connectivity index (χ1v) is 3.34. The van der Waals surface area contributed by atoms with Crippen LogP contribution < -0.4 is 0 Å². The van der Waals surface area contributed by atoms with Crippen LogP contribution in [0.4, 0.5) is 0 Å². The number of aliphatic carboxylic acids is 1. The number of methoxy groups -OCH3 is 2. The van der Waals surface area contributed by atoms with Crippen molar-refractivity contribution < 1.29 is 24.2 Å². The number of carboxylic acid groups (broad SMARTS) is 1. The predicted octanol–water partition coefficient (Wildman–Crippen LogP) is 0.330. The lowest BCUT2D eigenvalue weighted by Gasteiger charge is -1.98. The zero-order chi connectivity index (χ0) is 10.3. The summed E-state index contributed by atoms with van der Waals surface area (Å²) in [4.78, 5) is 20.6. The fraction of sp³-hybridized carbons (Fsp3) is 0.250. The van der Waals surface area contributed by atoms with Crippen LogP contribution in [-0.4, -0.2) is 31.6 Å². The molecule has 0 rings (SSSR count). The molecule has 0 aromatic heterocycles. The molecule has 0 bridgehead atoms. The van der Waals surface area contributed by atoms with Crippen molar-refractivity contribution >= 4 is 12.3 Å². The van der Waals surface area contributed by atoms with Gasteiger partial charge in [0.15, 0.2) is 12.0 Å². The van der Waals surface area contributed by atoms with E-state index >= 15 is 0 Å². The summed E-state index contributed by atoms with van der Waals surface area (Å²) in [7, 11) is 2.53. The lowest BCUT2D eigenvalue weighted by molar-refractivity contribution is -0.136. The highest BCUT2D eigenvalue weighted by Crippen LogP contribution is 1.98. The van der Waals surface area contributed by atoms with E-state index in [0.717, 1.165) is 6.08 Å². The minimum absolute atomic E-state index is 0.0239. The maximum absolute atomic E-state index is 10.4. The van der Waals surface area contributed by atoms with Gasteiger partial charge in [-0.15, -0.1) is 0 Å². The summed E-state index contributed by atoms with van der Waals surface area (Å²) in [5.41, 5.74) is 0. The zero-order valence-corrected chi connectivity index (χ0v) is 7.31. The monoisotopic (exact) mass is 186 g/mol. The summed E-state index contributed by atoms with van der Waals surface area (Å²) < 4.78 is 9.07. The Hall–Kier alpha value is -1.78. The Labute approximate surface area is 75.3 Å². The fourth-order valence-electron chi connectivity index (χ4n) is 0.540. The number of aldehydes is 1. The van der Waals surface area contributed by atoms with E-state index in [1.165, 1.54) is 20.3 Å². The molecule has 0 fully saturated rings. The van der Waals surface area contributed by atoms with Crippen LogP contribution in [0.15, 0.2) is 23.7 Å². The Balaban J connectivity index is 4.61. The average Bonchev–Trinajstić information content (AvgIpc) is 2.12. The van der Waals surface area contributed by atoms with E-state index in [1.807, 2.05) is 0 Å². The Bertz CT molecular complexity index is 251. The Morgan fingerprint density at radius 1 is 1.23 bits per heavy atom. The summed E-state index contributed by atoms with van der Waals surface area (Å²) in [6, 6.07) is 0. The van der Waals surface area contributed by atoms with Gasteiger partial charge in [0.05, 0.1) is 14.2 Å². The number of ether oxygens (including phenoxy) is 2. The van der Waals surface area contributed by atoms with E-state index in [9.17, 15) is 9.59 Å². The fourth-order valence-corrected chi connectivity index (χ4v) is 0.540. The van der Waals surface area contributed by atoms with Gasteiger partial charge in [-0.05, 0) is 12.2 Å². The molecule has 0 amide bonds. The molecule has 0 saturated carbocycles. The highest BCUT2D eigenvalue weighted by molar-refractivity contribution is 5.85. The largest absolute Gasteiger partial charge is 0.493 e. The second-order valence-corrected chi connectivity index (χ2v) is 1.93. The number of hydrogen-bond acceptors (Lipinski definition) is 4. The van der Waals surface area contributed by atoms with Crippen LogP contribution in [0.3, 0.4) is 0 Å². The normalized spacial score (nSPS) is 12.2. The predicted molar refractivity (Wildman–Crippen MR) is 43.9 cm³/mol. The zero-order valence-electron chi connectivity index (χ0n) is 7.31. The number of hydrogen-bond donors (Lipinski definition) is 1. The lowest BCUT2D eigenvalue weighted by atomic mass is 10.4. The van der Waals surface area contributed by atoms with Crippen molar-refractivity contribution in [2.45, 2.75) is 0 Å². The summed E-state index contributed by atoms with van der Waals surface area (Å²) in [6.07, 6.45) is 2.81. The molecule has 0 unspecified atom stereocenters. The van der Waals surface area contributed by atoms with Gasteiger partial charge in [-0.2, -0.15) is 0 Å². The molecule has 0 heterocycles. The van der Waals surface area contributed by atoms with Gasteiger partial charge < -0.3 is 14.6 Å². The first kappa shape index (κ1) is 11.2. The van der Waals surface area contributed by atoms with Crippen molar-refractivity contribution in [1.29, 1.82) is 0 Å². The molecule has 0 aliphatic rings. The minimum atomic E-state index is -1.21. The summed E-state index contributed by atoms with van der Waals surface area (Å²) in [5, 5.41) is 8.48. The molecule has 0 atom stereocenters. The van der Waals surface area contributed by atoms with Crippen molar-refractivity contribution in [2.75, 3.05) is 14.2 Å². The van der Waals surface area contributed by atoms with Crippen LogP contribution in [0.1, 0.15) is 0 Å². The highest BCUT2D eigenvalue weighted by Gasteiger charge is 2.04. The Morgan fingerprint density at radius 3 is 2.15 bits per heavy atom. The number of carbonyl (C=O) groups is 2. The maximum atomic E-state index is 10.4. The van der Waals surface area contributed by atoms with E-state index < -0.39 is 5.97 Å². The van der Waals surface area contributed by atoms with Gasteiger partial charge in [0.25, 0.3) is 0 Å². The van der Waals surface area contributed by atoms with E-state index in [4.69, 9.17) is 5.11 Å². The molecular formula is C8H10O5. The van der Waals surface area contributed by atoms with E-state index in [0.29, 0.717) is 6.29 Å². The van der Waals surface area contributed by atoms with Gasteiger partial charge in [0.2, 0.25) is 5.76 Å². The molecular weight excluding hydrogens is 176 g/mol. The third-order valence-electron chi connectivity index (χ3n) is 1.18. The van der Waals surface area contributed by atoms with Gasteiger partial charge in [-0.1, -0.05) is 0 Å². The van der Waals surface area contributed by atoms with Crippen molar-refractivity contribution in [3.05, 3.63) is 23.7 Å². The van der Waals surface area contributed by atoms with Crippen LogP contribution in [0.25, 0.3) is 0 Å². The number of allylic oxidation sites excluding steroid dienone is 3. The number of carbonyl (C=O) groups excluding carboxylic acids is 1. The molecule has 5 nitrogen and oxygen atoms in total. The van der Waals surface area contributed by atoms with Gasteiger partial charge in [-0.3, -0.25) is 4.79 Å². The topological polar surface area (TPSA) is 72.8 Å². The van der Waals surface area contributed by atoms with Crippen LogP contribution in [-0.2, 0) is 19.1 Å². The van der Waals surface area contributed by atoms with Crippen molar-refractivity contribution in [2.24, 2.45) is 0 Å². The number of rotatable bonds is 5. The van der Waals surface area contributed by atoms with Gasteiger partial charge >= 0.3 is 5.97 Å². The van der Waals surface area contributed by atoms with Crippen molar-refractivity contribution in [3.63, 3.8) is 0 Å². The standard InChI is InChI=1S/C8H10O5/c1-12-6(5-9)3-4-7(13-2)8(10)11/h3-5H,1-2H3,(H,10,11). The average molecular weight is 186 g/mol. The van der Waals surface area contributed by atoms with Crippen molar-refractivity contribution in [1.82, 2.24) is 0 Å². The highest BCUT2D eigenvalue weighted by atomic mass is 16.5. The molecule has 0 radical (unpaired) electrons. The van der Waals surface area contributed by atoms with Crippen LogP contribution in [0.5, 0.6) is 0 Å². The molecule has 0 aromatic rings. The molecule has 0 aliphatic carbocycles. The maximum Gasteiger partial charge on any atom is 0.371 e. The third kappa shape index (κ3) is 3.95. The molecule has 72 valence electrons. The first-order valence-electron chi connectivity index (χ1n) is 3.34. The van der Waals surface area contributed by atoms with E-state index in [2.05, 4.69) is 9.47 Å². The van der Waals surface area contributed by atoms with E-state index in [1.54, 1.807) is 0 Å².